The van der Waals surface area contributed by atoms with Gasteiger partial charge in [0.2, 0.25) is 5.88 Å². The van der Waals surface area contributed by atoms with E-state index in [1.807, 2.05) is 6.92 Å². The van der Waals surface area contributed by atoms with Crippen molar-refractivity contribution in [2.75, 3.05) is 33.8 Å². The molecule has 2 aromatic heterocycles. The molecule has 0 radical (unpaired) electrons. The zero-order valence-electron chi connectivity index (χ0n) is 19.9. The van der Waals surface area contributed by atoms with Crippen LogP contribution in [0.25, 0.3) is 0 Å². The summed E-state index contributed by atoms with van der Waals surface area (Å²) in [5, 5.41) is 4.31. The van der Waals surface area contributed by atoms with E-state index in [1.54, 1.807) is 26.0 Å². The second-order valence-electron chi connectivity index (χ2n) is 8.50. The van der Waals surface area contributed by atoms with Crippen molar-refractivity contribution in [2.24, 2.45) is 5.92 Å². The van der Waals surface area contributed by atoms with Crippen LogP contribution in [-0.2, 0) is 22.8 Å². The summed E-state index contributed by atoms with van der Waals surface area (Å²) in [5.74, 6) is 0.324. The molecule has 0 aliphatic carbocycles. The van der Waals surface area contributed by atoms with E-state index < -0.39 is 22.1 Å². The number of pyridine rings is 1. The molecule has 0 aromatic carbocycles. The van der Waals surface area contributed by atoms with Gasteiger partial charge in [-0.1, -0.05) is 0 Å². The summed E-state index contributed by atoms with van der Waals surface area (Å²) < 4.78 is 72.0. The number of aromatic nitrogens is 3. The Balaban J connectivity index is 0.00000408. The molecule has 13 heteroatoms. The molecule has 0 spiro atoms. The van der Waals surface area contributed by atoms with E-state index in [4.69, 9.17) is 4.74 Å². The molecule has 3 rings (SSSR count). The third-order valence-electron chi connectivity index (χ3n) is 5.76. The van der Waals surface area contributed by atoms with E-state index in [0.29, 0.717) is 36.5 Å². The van der Waals surface area contributed by atoms with Gasteiger partial charge in [-0.3, -0.25) is 4.90 Å². The first-order valence-electron chi connectivity index (χ1n) is 10.8. The number of likely N-dealkylation sites (tertiary alicyclic amines) is 1. The van der Waals surface area contributed by atoms with Crippen LogP contribution in [0.1, 0.15) is 49.0 Å². The van der Waals surface area contributed by atoms with Gasteiger partial charge in [0.25, 0.3) is 0 Å². The van der Waals surface area contributed by atoms with Crippen LogP contribution in [0.3, 0.4) is 0 Å². The number of halogens is 3. The number of aryl methyl sites for hydroxylation is 1. The topological polar surface area (TPSA) is 80.6 Å². The van der Waals surface area contributed by atoms with Crippen LogP contribution < -0.4 is 4.74 Å². The number of nitrogens with zero attached hydrogens (tertiary/aromatic N) is 5. The minimum absolute atomic E-state index is 0. The summed E-state index contributed by atoms with van der Waals surface area (Å²) in [7, 11) is -0.995. The minimum atomic E-state index is -4.47. The van der Waals surface area contributed by atoms with Crippen LogP contribution >= 0.6 is 13.5 Å². The molecular formula is C21H32F3N5O3S2. The third-order valence-corrected chi connectivity index (χ3v) is 7.38. The van der Waals surface area contributed by atoms with Crippen molar-refractivity contribution in [3.05, 3.63) is 40.8 Å². The van der Waals surface area contributed by atoms with E-state index in [2.05, 4.69) is 15.0 Å². The van der Waals surface area contributed by atoms with Gasteiger partial charge in [0.05, 0.1) is 18.3 Å². The lowest BCUT2D eigenvalue weighted by Crippen LogP contribution is -2.31. The summed E-state index contributed by atoms with van der Waals surface area (Å²) in [5.41, 5.74) is 0.661. The number of rotatable bonds is 8. The Morgan fingerprint density at radius 1 is 1.26 bits per heavy atom. The van der Waals surface area contributed by atoms with Crippen LogP contribution in [0.2, 0.25) is 0 Å². The Hall–Kier alpha value is -1.83. The van der Waals surface area contributed by atoms with Gasteiger partial charge < -0.3 is 4.74 Å². The van der Waals surface area contributed by atoms with E-state index in [-0.39, 0.29) is 31.3 Å². The van der Waals surface area contributed by atoms with E-state index in [0.717, 1.165) is 27.4 Å². The molecule has 1 fully saturated rings. The van der Waals surface area contributed by atoms with Gasteiger partial charge in [0, 0.05) is 32.4 Å². The van der Waals surface area contributed by atoms with Crippen molar-refractivity contribution in [3.63, 3.8) is 0 Å². The highest BCUT2D eigenvalue weighted by Crippen LogP contribution is 2.33. The van der Waals surface area contributed by atoms with Crippen LogP contribution in [0.5, 0.6) is 5.88 Å². The van der Waals surface area contributed by atoms with E-state index in [1.165, 1.54) is 14.1 Å². The molecule has 8 nitrogen and oxygen atoms in total. The number of alkyl halides is 3. The average Bonchev–Trinajstić information content (AvgIpc) is 3.34. The predicted molar refractivity (Wildman–Crippen MR) is 128 cm³/mol. The Morgan fingerprint density at radius 3 is 2.53 bits per heavy atom. The third kappa shape index (κ3) is 6.23. The largest absolute Gasteiger partial charge is 0.477 e. The lowest BCUT2D eigenvalue weighted by molar-refractivity contribution is -0.141. The summed E-state index contributed by atoms with van der Waals surface area (Å²) in [6.45, 7) is 6.96. The summed E-state index contributed by atoms with van der Waals surface area (Å²) >= 11 is 0. The van der Waals surface area contributed by atoms with Gasteiger partial charge in [0.15, 0.2) is 0 Å². The molecule has 1 aliphatic heterocycles. The summed E-state index contributed by atoms with van der Waals surface area (Å²) in [6.07, 6.45) is -3.13. The first-order valence-corrected chi connectivity index (χ1v) is 12.2. The van der Waals surface area contributed by atoms with Crippen molar-refractivity contribution in [3.8, 4) is 5.88 Å². The van der Waals surface area contributed by atoms with Gasteiger partial charge in [-0.05, 0) is 63.8 Å². The molecule has 1 unspecified atom stereocenters. The quantitative estimate of drug-likeness (QED) is 0.528. The van der Waals surface area contributed by atoms with Crippen LogP contribution in [0.15, 0.2) is 18.2 Å². The monoisotopic (exact) mass is 523 g/mol. The zero-order valence-corrected chi connectivity index (χ0v) is 21.7. The Bertz CT molecular complexity index is 1090. The highest BCUT2D eigenvalue weighted by atomic mass is 32.2. The Morgan fingerprint density at radius 2 is 1.94 bits per heavy atom. The standard InChI is InChI=1S/C21H30F3N5O3S.H2S/c1-6-32-20-12-18(26-29(20)33(30,31)27(4)5)15(3)28-8-7-16(13-28)10-17-9-14(2)25-19(11-17)21(22,23)24;/h9,11-12,15-16H,6-8,10,13H2,1-5H3;1H2/t15?,16-;/m1./s1. The van der Waals surface area contributed by atoms with Gasteiger partial charge in [-0.15, -0.1) is 4.09 Å². The maximum Gasteiger partial charge on any atom is 0.433 e. The van der Waals surface area contributed by atoms with Crippen LogP contribution in [0, 0.1) is 12.8 Å². The van der Waals surface area contributed by atoms with Crippen LogP contribution in [-0.4, -0.2) is 65.6 Å². The lowest BCUT2D eigenvalue weighted by atomic mass is 9.98. The average molecular weight is 524 g/mol. The molecule has 1 aliphatic rings. The Labute approximate surface area is 205 Å². The molecule has 192 valence electrons. The fourth-order valence-electron chi connectivity index (χ4n) is 4.04. The minimum Gasteiger partial charge on any atom is -0.477 e. The van der Waals surface area contributed by atoms with E-state index >= 15 is 0 Å². The molecular weight excluding hydrogens is 491 g/mol. The van der Waals surface area contributed by atoms with Crippen LogP contribution in [0.4, 0.5) is 13.2 Å². The summed E-state index contributed by atoms with van der Waals surface area (Å²) in [6, 6.07) is 4.27. The fraction of sp³-hybridized carbons (Fsp3) is 0.619. The second-order valence-corrected chi connectivity index (χ2v) is 10.5. The maximum absolute atomic E-state index is 13.1. The fourth-order valence-corrected chi connectivity index (χ4v) is 4.88. The predicted octanol–water partition coefficient (Wildman–Crippen LogP) is 3.40. The molecule has 2 atom stereocenters. The number of ether oxygens (including phenoxy) is 1. The molecule has 3 heterocycles. The molecule has 34 heavy (non-hydrogen) atoms. The number of hydrogen-bond acceptors (Lipinski definition) is 6. The SMILES string of the molecule is CCOc1cc(C(C)N2CC[C@H](Cc3cc(C)nc(C(F)(F)F)c3)C2)nn1S(=O)(=O)N(C)C.S. The lowest BCUT2D eigenvalue weighted by Gasteiger charge is -2.23. The molecule has 2 aromatic rings. The van der Waals surface area contributed by atoms with Gasteiger partial charge in [-0.2, -0.15) is 44.5 Å². The molecule has 0 saturated carbocycles. The maximum atomic E-state index is 13.1. The normalized spacial score (nSPS) is 18.2. The van der Waals surface area contributed by atoms with Crippen molar-refractivity contribution >= 4 is 23.7 Å². The number of hydrogen-bond donors (Lipinski definition) is 0. The Kier molecular flexibility index (Phi) is 9.05. The van der Waals surface area contributed by atoms with Crippen molar-refractivity contribution in [1.29, 1.82) is 0 Å². The smallest absolute Gasteiger partial charge is 0.433 e. The first-order chi connectivity index (χ1) is 15.3. The molecule has 0 amide bonds. The second kappa shape index (κ2) is 10.8. The highest BCUT2D eigenvalue weighted by molar-refractivity contribution is 7.87. The summed E-state index contributed by atoms with van der Waals surface area (Å²) in [4.78, 5) is 5.77. The van der Waals surface area contributed by atoms with Gasteiger partial charge >= 0.3 is 16.4 Å². The van der Waals surface area contributed by atoms with Crippen molar-refractivity contribution in [2.45, 2.75) is 45.8 Å². The molecule has 1 saturated heterocycles. The molecule has 0 bridgehead atoms. The van der Waals surface area contributed by atoms with Crippen molar-refractivity contribution < 1.29 is 26.3 Å². The first kappa shape index (κ1) is 28.4. The van der Waals surface area contributed by atoms with Gasteiger partial charge in [-0.25, -0.2) is 4.98 Å². The van der Waals surface area contributed by atoms with E-state index in [9.17, 15) is 21.6 Å². The van der Waals surface area contributed by atoms with Crippen molar-refractivity contribution in [1.82, 2.24) is 23.4 Å². The molecule has 0 N–H and O–H groups in total. The van der Waals surface area contributed by atoms with Gasteiger partial charge in [0.1, 0.15) is 5.69 Å². The zero-order chi connectivity index (χ0) is 24.6. The highest BCUT2D eigenvalue weighted by Gasteiger charge is 2.34.